The average molecular weight is 296 g/mol. The first-order valence-corrected chi connectivity index (χ1v) is 7.05. The second-order valence-electron chi connectivity index (χ2n) is 5.40. The van der Waals surface area contributed by atoms with Crippen LogP contribution in [0.3, 0.4) is 0 Å². The molecule has 0 bridgehead atoms. The van der Waals surface area contributed by atoms with Gasteiger partial charge in [-0.25, -0.2) is 0 Å². The number of benzene rings is 2. The van der Waals surface area contributed by atoms with Gasteiger partial charge in [0, 0.05) is 12.6 Å². The molecule has 0 radical (unpaired) electrons. The lowest BCUT2D eigenvalue weighted by Gasteiger charge is -2.19. The van der Waals surface area contributed by atoms with Crippen molar-refractivity contribution in [3.05, 3.63) is 65.2 Å². The van der Waals surface area contributed by atoms with Gasteiger partial charge < -0.3 is 10.8 Å². The number of amides is 2. The van der Waals surface area contributed by atoms with Gasteiger partial charge >= 0.3 is 0 Å². The summed E-state index contributed by atoms with van der Waals surface area (Å²) in [4.78, 5) is 25.7. The zero-order valence-corrected chi connectivity index (χ0v) is 11.9. The maximum atomic E-state index is 12.3. The Bertz CT molecular complexity index is 690. The lowest BCUT2D eigenvalue weighted by molar-refractivity contribution is 0.0644. The number of nitrogens with two attached hydrogens (primary N) is 1. The number of phenols is 1. The summed E-state index contributed by atoms with van der Waals surface area (Å²) in [5.74, 6) is -0.388. The third-order valence-corrected chi connectivity index (χ3v) is 3.73. The maximum absolute atomic E-state index is 12.3. The molecule has 0 saturated carbocycles. The molecule has 3 N–H and O–H groups in total. The van der Waals surface area contributed by atoms with Gasteiger partial charge in [0.25, 0.3) is 11.8 Å². The standard InChI is InChI=1S/C17H16N2O3/c18-12(9-11-5-7-13(20)8-6-11)10-19-16(21)14-3-1-2-4-15(14)17(19)22/h1-8,12,20H,9-10,18H2/t12-/m0/s1. The SMILES string of the molecule is N[C@@H](Cc1ccc(O)cc1)CN1C(=O)c2ccccc2C1=O. The molecule has 0 aromatic heterocycles. The molecule has 22 heavy (non-hydrogen) atoms. The predicted molar refractivity (Wildman–Crippen MR) is 81.6 cm³/mol. The quantitative estimate of drug-likeness (QED) is 0.839. The molecule has 112 valence electrons. The third-order valence-electron chi connectivity index (χ3n) is 3.73. The highest BCUT2D eigenvalue weighted by molar-refractivity contribution is 6.21. The molecular formula is C17H16N2O3. The number of carbonyl (C=O) groups is 2. The van der Waals surface area contributed by atoms with Crippen LogP contribution in [-0.4, -0.2) is 34.4 Å². The van der Waals surface area contributed by atoms with Crippen LogP contribution >= 0.6 is 0 Å². The number of aromatic hydroxyl groups is 1. The minimum absolute atomic E-state index is 0.174. The van der Waals surface area contributed by atoms with Gasteiger partial charge in [0.2, 0.25) is 0 Å². The summed E-state index contributed by atoms with van der Waals surface area (Å²) in [6.07, 6.45) is 0.522. The van der Waals surface area contributed by atoms with Crippen molar-refractivity contribution < 1.29 is 14.7 Å². The fraction of sp³-hybridized carbons (Fsp3) is 0.176. The number of imide groups is 1. The Morgan fingerprint density at radius 1 is 0.955 bits per heavy atom. The number of rotatable bonds is 4. The van der Waals surface area contributed by atoms with Crippen molar-refractivity contribution in [1.82, 2.24) is 4.90 Å². The minimum atomic E-state index is -0.355. The zero-order valence-electron chi connectivity index (χ0n) is 11.9. The molecule has 3 rings (SSSR count). The Hall–Kier alpha value is -2.66. The van der Waals surface area contributed by atoms with Crippen molar-refractivity contribution in [3.8, 4) is 5.75 Å². The van der Waals surface area contributed by atoms with E-state index < -0.39 is 0 Å². The molecule has 0 unspecified atom stereocenters. The van der Waals surface area contributed by atoms with Crippen LogP contribution < -0.4 is 5.73 Å². The van der Waals surface area contributed by atoms with E-state index >= 15 is 0 Å². The summed E-state index contributed by atoms with van der Waals surface area (Å²) >= 11 is 0. The predicted octanol–water partition coefficient (Wildman–Crippen LogP) is 1.56. The molecule has 0 spiro atoms. The van der Waals surface area contributed by atoms with E-state index in [0.29, 0.717) is 17.5 Å². The molecule has 5 nitrogen and oxygen atoms in total. The summed E-state index contributed by atoms with van der Waals surface area (Å²) in [6.45, 7) is 0.174. The fourth-order valence-corrected chi connectivity index (χ4v) is 2.64. The summed E-state index contributed by atoms with van der Waals surface area (Å²) in [5, 5.41) is 9.26. The van der Waals surface area contributed by atoms with E-state index in [9.17, 15) is 14.7 Å². The monoisotopic (exact) mass is 296 g/mol. The molecule has 0 fully saturated rings. The van der Waals surface area contributed by atoms with Crippen molar-refractivity contribution in [2.45, 2.75) is 12.5 Å². The topological polar surface area (TPSA) is 83.6 Å². The number of nitrogens with zero attached hydrogens (tertiary/aromatic N) is 1. The van der Waals surface area contributed by atoms with Crippen molar-refractivity contribution >= 4 is 11.8 Å². The molecule has 2 amide bonds. The first-order valence-electron chi connectivity index (χ1n) is 7.05. The van der Waals surface area contributed by atoms with Gasteiger partial charge in [-0.05, 0) is 36.2 Å². The molecular weight excluding hydrogens is 280 g/mol. The van der Waals surface area contributed by atoms with Crippen molar-refractivity contribution in [1.29, 1.82) is 0 Å². The smallest absolute Gasteiger partial charge is 0.261 e. The second kappa shape index (κ2) is 5.61. The molecule has 1 aliphatic rings. The van der Waals surface area contributed by atoms with Crippen molar-refractivity contribution in [2.24, 2.45) is 5.73 Å². The van der Waals surface area contributed by atoms with Crippen molar-refractivity contribution in [3.63, 3.8) is 0 Å². The Kier molecular flexibility index (Phi) is 3.65. The summed E-state index contributed by atoms with van der Waals surface area (Å²) in [7, 11) is 0. The summed E-state index contributed by atoms with van der Waals surface area (Å²) in [5.41, 5.74) is 7.89. The lowest BCUT2D eigenvalue weighted by atomic mass is 10.1. The lowest BCUT2D eigenvalue weighted by Crippen LogP contribution is -2.41. The first-order chi connectivity index (χ1) is 10.6. The van der Waals surface area contributed by atoms with Crippen LogP contribution in [0.2, 0.25) is 0 Å². The minimum Gasteiger partial charge on any atom is -0.508 e. The second-order valence-corrected chi connectivity index (χ2v) is 5.40. The summed E-state index contributed by atoms with van der Waals surface area (Å²) < 4.78 is 0. The molecule has 1 heterocycles. The van der Waals surface area contributed by atoms with Crippen LogP contribution in [-0.2, 0) is 6.42 Å². The molecule has 2 aromatic rings. The van der Waals surface area contributed by atoms with E-state index in [1.165, 1.54) is 4.90 Å². The van der Waals surface area contributed by atoms with Crippen LogP contribution in [0.4, 0.5) is 0 Å². The molecule has 1 aliphatic heterocycles. The highest BCUT2D eigenvalue weighted by Gasteiger charge is 2.35. The molecule has 2 aromatic carbocycles. The third kappa shape index (κ3) is 2.58. The maximum Gasteiger partial charge on any atom is 0.261 e. The van der Waals surface area contributed by atoms with E-state index in [1.807, 2.05) is 0 Å². The Morgan fingerprint density at radius 3 is 2.05 bits per heavy atom. The highest BCUT2D eigenvalue weighted by Crippen LogP contribution is 2.22. The van der Waals surface area contributed by atoms with Crippen molar-refractivity contribution in [2.75, 3.05) is 6.54 Å². The number of hydrogen-bond donors (Lipinski definition) is 2. The van der Waals surface area contributed by atoms with Gasteiger partial charge in [-0.2, -0.15) is 0 Å². The number of fused-ring (bicyclic) bond motifs is 1. The average Bonchev–Trinajstić information content (AvgIpc) is 2.75. The van der Waals surface area contributed by atoms with Crippen LogP contribution in [0.1, 0.15) is 26.3 Å². The Morgan fingerprint density at radius 2 is 1.50 bits per heavy atom. The van der Waals surface area contributed by atoms with E-state index in [4.69, 9.17) is 5.73 Å². The van der Waals surface area contributed by atoms with E-state index in [2.05, 4.69) is 0 Å². The van der Waals surface area contributed by atoms with Gasteiger partial charge in [0.1, 0.15) is 5.75 Å². The normalized spacial score (nSPS) is 15.0. The van der Waals surface area contributed by atoms with Gasteiger partial charge in [-0.1, -0.05) is 24.3 Å². The van der Waals surface area contributed by atoms with E-state index in [1.54, 1.807) is 48.5 Å². The molecule has 5 heteroatoms. The first kappa shape index (κ1) is 14.3. The molecule has 0 aliphatic carbocycles. The van der Waals surface area contributed by atoms with Crippen LogP contribution in [0, 0.1) is 0 Å². The van der Waals surface area contributed by atoms with Gasteiger partial charge in [-0.3, -0.25) is 14.5 Å². The number of phenolic OH excluding ortho intramolecular Hbond substituents is 1. The highest BCUT2D eigenvalue weighted by atomic mass is 16.3. The van der Waals surface area contributed by atoms with Crippen LogP contribution in [0.15, 0.2) is 48.5 Å². The van der Waals surface area contributed by atoms with E-state index in [-0.39, 0.29) is 30.2 Å². The Balaban J connectivity index is 1.70. The number of hydrogen-bond acceptors (Lipinski definition) is 4. The van der Waals surface area contributed by atoms with Gasteiger partial charge in [0.05, 0.1) is 11.1 Å². The molecule has 0 saturated heterocycles. The number of carbonyl (C=O) groups excluding carboxylic acids is 2. The van der Waals surface area contributed by atoms with Gasteiger partial charge in [0.15, 0.2) is 0 Å². The van der Waals surface area contributed by atoms with Crippen LogP contribution in [0.25, 0.3) is 0 Å². The van der Waals surface area contributed by atoms with Gasteiger partial charge in [-0.15, -0.1) is 0 Å². The zero-order chi connectivity index (χ0) is 15.7. The van der Waals surface area contributed by atoms with E-state index in [0.717, 1.165) is 5.56 Å². The summed E-state index contributed by atoms with van der Waals surface area (Å²) in [6, 6.07) is 13.2. The molecule has 1 atom stereocenters. The van der Waals surface area contributed by atoms with Crippen LogP contribution in [0.5, 0.6) is 5.75 Å². The fourth-order valence-electron chi connectivity index (χ4n) is 2.64. The largest absolute Gasteiger partial charge is 0.508 e. The Labute approximate surface area is 128 Å².